The smallest absolute Gasteiger partial charge is 0.229 e. The molecule has 7 heteroatoms. The van der Waals surface area contributed by atoms with E-state index in [2.05, 4.69) is 20.4 Å². The second-order valence-electron chi connectivity index (χ2n) is 6.46. The van der Waals surface area contributed by atoms with Gasteiger partial charge in [0.1, 0.15) is 5.01 Å². The molecule has 1 aromatic carbocycles. The van der Waals surface area contributed by atoms with Crippen LogP contribution in [0.1, 0.15) is 42.6 Å². The van der Waals surface area contributed by atoms with Gasteiger partial charge in [-0.3, -0.25) is 4.79 Å². The molecule has 6 nitrogen and oxygen atoms in total. The Kier molecular flexibility index (Phi) is 5.06. The van der Waals surface area contributed by atoms with Crippen LogP contribution in [0, 0.1) is 0 Å². The second kappa shape index (κ2) is 7.78. The van der Waals surface area contributed by atoms with Crippen LogP contribution in [0.4, 0.5) is 0 Å². The third-order valence-electron chi connectivity index (χ3n) is 4.52. The van der Waals surface area contributed by atoms with Crippen LogP contribution in [0.25, 0.3) is 10.6 Å². The minimum Gasteiger partial charge on any atom is -0.355 e. The van der Waals surface area contributed by atoms with Gasteiger partial charge in [-0.1, -0.05) is 41.9 Å². The fourth-order valence-corrected chi connectivity index (χ4v) is 3.66. The first kappa shape index (κ1) is 16.9. The molecule has 0 spiro atoms. The van der Waals surface area contributed by atoms with Crippen LogP contribution < -0.4 is 5.32 Å². The van der Waals surface area contributed by atoms with E-state index in [0.29, 0.717) is 24.7 Å². The topological polar surface area (TPSA) is 80.9 Å². The van der Waals surface area contributed by atoms with E-state index in [0.717, 1.165) is 35.0 Å². The summed E-state index contributed by atoms with van der Waals surface area (Å²) in [6.07, 6.45) is 4.37. The number of carbonyl (C=O) groups is 1. The lowest BCUT2D eigenvalue weighted by Gasteiger charge is -2.20. The number of aromatic nitrogens is 3. The maximum Gasteiger partial charge on any atom is 0.229 e. The lowest BCUT2D eigenvalue weighted by Crippen LogP contribution is -2.27. The molecule has 0 bridgehead atoms. The van der Waals surface area contributed by atoms with E-state index in [-0.39, 0.29) is 12.3 Å². The summed E-state index contributed by atoms with van der Waals surface area (Å²) < 4.78 is 5.28. The SMILES string of the molecule is O=C(Cc1csc(-c2ccccc2)n1)NCCc1noc(C2CCC2)n1. The summed E-state index contributed by atoms with van der Waals surface area (Å²) >= 11 is 1.55. The van der Waals surface area contributed by atoms with E-state index in [1.165, 1.54) is 6.42 Å². The summed E-state index contributed by atoms with van der Waals surface area (Å²) in [5.74, 6) is 1.80. The number of benzene rings is 1. The maximum absolute atomic E-state index is 12.1. The number of nitrogens with one attached hydrogen (secondary N) is 1. The van der Waals surface area contributed by atoms with E-state index >= 15 is 0 Å². The zero-order chi connectivity index (χ0) is 17.8. The van der Waals surface area contributed by atoms with Crippen molar-refractivity contribution in [3.05, 3.63) is 53.1 Å². The highest BCUT2D eigenvalue weighted by atomic mass is 32.1. The van der Waals surface area contributed by atoms with Crippen molar-refractivity contribution in [2.45, 2.75) is 38.0 Å². The molecule has 1 aliphatic carbocycles. The van der Waals surface area contributed by atoms with E-state index < -0.39 is 0 Å². The summed E-state index contributed by atoms with van der Waals surface area (Å²) in [7, 11) is 0. The van der Waals surface area contributed by atoms with Crippen molar-refractivity contribution < 1.29 is 9.32 Å². The first-order valence-electron chi connectivity index (χ1n) is 8.87. The normalized spacial score (nSPS) is 14.2. The molecular formula is C19H20N4O2S. The number of hydrogen-bond donors (Lipinski definition) is 1. The van der Waals surface area contributed by atoms with Gasteiger partial charge in [0.25, 0.3) is 0 Å². The summed E-state index contributed by atoms with van der Waals surface area (Å²) in [5, 5.41) is 9.76. The molecule has 2 heterocycles. The molecular weight excluding hydrogens is 348 g/mol. The fourth-order valence-electron chi connectivity index (χ4n) is 2.83. The Balaban J connectivity index is 1.24. The van der Waals surface area contributed by atoms with Gasteiger partial charge in [0.05, 0.1) is 12.1 Å². The van der Waals surface area contributed by atoms with E-state index in [1.54, 1.807) is 11.3 Å². The summed E-state index contributed by atoms with van der Waals surface area (Å²) in [5.41, 5.74) is 1.86. The van der Waals surface area contributed by atoms with Gasteiger partial charge < -0.3 is 9.84 Å². The quantitative estimate of drug-likeness (QED) is 0.691. The van der Waals surface area contributed by atoms with Gasteiger partial charge in [-0.15, -0.1) is 11.3 Å². The number of carbonyl (C=O) groups excluding carboxylic acids is 1. The molecule has 1 aliphatic rings. The average molecular weight is 368 g/mol. The number of thiazole rings is 1. The molecule has 1 N–H and O–H groups in total. The highest BCUT2D eigenvalue weighted by Crippen LogP contribution is 2.35. The first-order chi connectivity index (χ1) is 12.8. The molecule has 134 valence electrons. The van der Waals surface area contributed by atoms with Gasteiger partial charge >= 0.3 is 0 Å². The molecule has 0 radical (unpaired) electrons. The standard InChI is InChI=1S/C19H20N4O2S/c24-17(11-15-12-26-19(21-15)14-5-2-1-3-6-14)20-10-9-16-22-18(25-23-16)13-7-4-8-13/h1-3,5-6,12-13H,4,7-11H2,(H,20,24). The monoisotopic (exact) mass is 368 g/mol. The van der Waals surface area contributed by atoms with E-state index in [1.807, 2.05) is 35.7 Å². The van der Waals surface area contributed by atoms with Gasteiger partial charge in [0.2, 0.25) is 11.8 Å². The molecule has 1 saturated carbocycles. The minimum absolute atomic E-state index is 0.0439. The maximum atomic E-state index is 12.1. The summed E-state index contributed by atoms with van der Waals surface area (Å²) in [6.45, 7) is 0.498. The van der Waals surface area contributed by atoms with Crippen LogP contribution in [-0.2, 0) is 17.6 Å². The molecule has 3 aromatic rings. The van der Waals surface area contributed by atoms with Crippen molar-refractivity contribution in [3.63, 3.8) is 0 Å². The van der Waals surface area contributed by atoms with Crippen molar-refractivity contribution in [2.75, 3.05) is 6.54 Å². The molecule has 2 aromatic heterocycles. The van der Waals surface area contributed by atoms with Gasteiger partial charge in [-0.25, -0.2) is 4.98 Å². The lowest BCUT2D eigenvalue weighted by molar-refractivity contribution is -0.120. The third-order valence-corrected chi connectivity index (χ3v) is 5.46. The number of amides is 1. The van der Waals surface area contributed by atoms with Gasteiger partial charge in [-0.2, -0.15) is 4.98 Å². The Morgan fingerprint density at radius 2 is 2.08 bits per heavy atom. The van der Waals surface area contributed by atoms with Crippen LogP contribution in [0.15, 0.2) is 40.2 Å². The third kappa shape index (κ3) is 3.99. The fraction of sp³-hybridized carbons (Fsp3) is 0.368. The number of hydrogen-bond acceptors (Lipinski definition) is 6. The van der Waals surface area contributed by atoms with E-state index in [9.17, 15) is 4.79 Å². The largest absolute Gasteiger partial charge is 0.355 e. The zero-order valence-corrected chi connectivity index (χ0v) is 15.2. The van der Waals surface area contributed by atoms with Gasteiger partial charge in [0.15, 0.2) is 5.82 Å². The van der Waals surface area contributed by atoms with E-state index in [4.69, 9.17) is 4.52 Å². The second-order valence-corrected chi connectivity index (χ2v) is 7.32. The molecule has 0 atom stereocenters. The van der Waals surface area contributed by atoms with Crippen LogP contribution in [-0.4, -0.2) is 27.6 Å². The Hall–Kier alpha value is -2.54. The summed E-state index contributed by atoms with van der Waals surface area (Å²) in [6, 6.07) is 9.98. The highest BCUT2D eigenvalue weighted by molar-refractivity contribution is 7.13. The molecule has 0 unspecified atom stereocenters. The Morgan fingerprint density at radius 3 is 2.85 bits per heavy atom. The number of rotatable bonds is 7. The van der Waals surface area contributed by atoms with Crippen molar-refractivity contribution in [1.82, 2.24) is 20.4 Å². The molecule has 1 amide bonds. The molecule has 0 aliphatic heterocycles. The average Bonchev–Trinajstić information content (AvgIpc) is 3.24. The zero-order valence-electron chi connectivity index (χ0n) is 14.4. The molecule has 0 saturated heterocycles. The van der Waals surface area contributed by atoms with Crippen molar-refractivity contribution in [3.8, 4) is 10.6 Å². The van der Waals surface area contributed by atoms with Gasteiger partial charge in [0, 0.05) is 29.8 Å². The van der Waals surface area contributed by atoms with Crippen LogP contribution in [0.3, 0.4) is 0 Å². The van der Waals surface area contributed by atoms with Crippen molar-refractivity contribution in [1.29, 1.82) is 0 Å². The first-order valence-corrected chi connectivity index (χ1v) is 9.75. The van der Waals surface area contributed by atoms with Crippen molar-refractivity contribution >= 4 is 17.2 Å². The Labute approximate surface area is 155 Å². The molecule has 26 heavy (non-hydrogen) atoms. The molecule has 4 rings (SSSR count). The van der Waals surface area contributed by atoms with Crippen LogP contribution in [0.2, 0.25) is 0 Å². The Bertz CT molecular complexity index is 871. The van der Waals surface area contributed by atoms with Crippen LogP contribution in [0.5, 0.6) is 0 Å². The Morgan fingerprint density at radius 1 is 1.23 bits per heavy atom. The predicted octanol–water partition coefficient (Wildman–Crippen LogP) is 3.36. The van der Waals surface area contributed by atoms with Crippen molar-refractivity contribution in [2.24, 2.45) is 0 Å². The van der Waals surface area contributed by atoms with Gasteiger partial charge in [-0.05, 0) is 12.8 Å². The minimum atomic E-state index is -0.0439. The highest BCUT2D eigenvalue weighted by Gasteiger charge is 2.25. The number of nitrogens with zero attached hydrogens (tertiary/aromatic N) is 3. The predicted molar refractivity (Wildman–Crippen MR) is 98.9 cm³/mol. The molecule has 1 fully saturated rings. The summed E-state index contributed by atoms with van der Waals surface area (Å²) in [4.78, 5) is 21.1. The van der Waals surface area contributed by atoms with Crippen LogP contribution >= 0.6 is 11.3 Å². The lowest BCUT2D eigenvalue weighted by atomic mass is 9.85.